The Bertz CT molecular complexity index is 1360. The smallest absolute Gasteiger partial charge is 0.249 e. The van der Waals surface area contributed by atoms with E-state index in [0.717, 1.165) is 44.9 Å². The molecular weight excluding hydrogens is 943 g/mol. The van der Waals surface area contributed by atoms with Gasteiger partial charge >= 0.3 is 0 Å². The fraction of sp³-hybridized carbons (Fsp3) is 0.859. The fourth-order valence-corrected chi connectivity index (χ4v) is 9.94. The molecule has 11 nitrogen and oxygen atoms in total. The SMILES string of the molecule is CCCCCCC/C=C/CC/C=C/CC/C=C/CCCC(O)C(O)C(COC1OC(CO)C(O)C(O)C1O)NC(=O)C(O)CCCCCCCCCCCCCCCC/C=C\CCCCCCCCCCCCCC. The second-order valence-electron chi connectivity index (χ2n) is 22.1. The molecule has 11 heteroatoms. The molecule has 1 fully saturated rings. The molecule has 75 heavy (non-hydrogen) atoms. The van der Waals surface area contributed by atoms with Crippen LogP contribution in [0, 0.1) is 0 Å². The van der Waals surface area contributed by atoms with Crippen molar-refractivity contribution in [1.82, 2.24) is 5.32 Å². The van der Waals surface area contributed by atoms with E-state index < -0.39 is 74.2 Å². The van der Waals surface area contributed by atoms with Crippen molar-refractivity contribution in [2.75, 3.05) is 13.2 Å². The first-order valence-electron chi connectivity index (χ1n) is 31.5. The highest BCUT2D eigenvalue weighted by atomic mass is 16.7. The molecule has 0 radical (unpaired) electrons. The van der Waals surface area contributed by atoms with Crippen LogP contribution in [0.1, 0.15) is 284 Å². The van der Waals surface area contributed by atoms with Crippen molar-refractivity contribution in [3.05, 3.63) is 48.6 Å². The van der Waals surface area contributed by atoms with E-state index in [-0.39, 0.29) is 12.8 Å². The van der Waals surface area contributed by atoms with Crippen LogP contribution >= 0.6 is 0 Å². The Morgan fingerprint density at radius 2 is 0.800 bits per heavy atom. The van der Waals surface area contributed by atoms with Gasteiger partial charge in [0, 0.05) is 0 Å². The highest BCUT2D eigenvalue weighted by molar-refractivity contribution is 5.80. The van der Waals surface area contributed by atoms with E-state index in [4.69, 9.17) is 9.47 Å². The maximum atomic E-state index is 13.2. The minimum absolute atomic E-state index is 0.241. The van der Waals surface area contributed by atoms with Crippen LogP contribution in [0.25, 0.3) is 0 Å². The maximum absolute atomic E-state index is 13.2. The van der Waals surface area contributed by atoms with Crippen molar-refractivity contribution in [1.29, 1.82) is 0 Å². The Morgan fingerprint density at radius 3 is 1.19 bits per heavy atom. The average molecular weight is 1060 g/mol. The summed E-state index contributed by atoms with van der Waals surface area (Å²) < 4.78 is 11.1. The Balaban J connectivity index is 2.25. The molecule has 1 saturated heterocycles. The van der Waals surface area contributed by atoms with Crippen LogP contribution < -0.4 is 5.32 Å². The van der Waals surface area contributed by atoms with Gasteiger partial charge in [0.25, 0.3) is 0 Å². The van der Waals surface area contributed by atoms with Gasteiger partial charge in [-0.25, -0.2) is 0 Å². The predicted octanol–water partition coefficient (Wildman–Crippen LogP) is 14.0. The van der Waals surface area contributed by atoms with E-state index in [1.807, 2.05) is 0 Å². The summed E-state index contributed by atoms with van der Waals surface area (Å²) in [5.41, 5.74) is 0. The van der Waals surface area contributed by atoms with Crippen LogP contribution in [0.2, 0.25) is 0 Å². The zero-order chi connectivity index (χ0) is 54.7. The van der Waals surface area contributed by atoms with E-state index in [0.29, 0.717) is 19.3 Å². The number of aliphatic hydroxyl groups is 7. The third kappa shape index (κ3) is 40.9. The Morgan fingerprint density at radius 1 is 0.453 bits per heavy atom. The fourth-order valence-electron chi connectivity index (χ4n) is 9.94. The first kappa shape index (κ1) is 71.1. The van der Waals surface area contributed by atoms with Crippen LogP contribution in [0.15, 0.2) is 48.6 Å². The quantitative estimate of drug-likeness (QED) is 0.0215. The number of hydrogen-bond donors (Lipinski definition) is 8. The molecule has 1 heterocycles. The molecule has 0 aromatic heterocycles. The number of unbranched alkanes of at least 4 members (excludes halogenated alkanes) is 34. The zero-order valence-corrected chi connectivity index (χ0v) is 48.3. The number of aliphatic hydroxyl groups excluding tert-OH is 7. The van der Waals surface area contributed by atoms with Crippen LogP contribution in [0.4, 0.5) is 0 Å². The van der Waals surface area contributed by atoms with E-state index in [1.54, 1.807) is 0 Å². The van der Waals surface area contributed by atoms with Gasteiger partial charge in [-0.2, -0.15) is 0 Å². The molecule has 0 aliphatic carbocycles. The van der Waals surface area contributed by atoms with Gasteiger partial charge in [-0.05, 0) is 89.9 Å². The summed E-state index contributed by atoms with van der Waals surface area (Å²) in [7, 11) is 0. The number of allylic oxidation sites excluding steroid dienone is 8. The first-order valence-corrected chi connectivity index (χ1v) is 31.5. The van der Waals surface area contributed by atoms with Gasteiger partial charge in [0.15, 0.2) is 6.29 Å². The summed E-state index contributed by atoms with van der Waals surface area (Å²) in [6.45, 7) is 3.44. The molecule has 1 rings (SSSR count). The topological polar surface area (TPSA) is 189 Å². The molecular formula is C64H119NO10. The van der Waals surface area contributed by atoms with Gasteiger partial charge in [-0.1, -0.05) is 242 Å². The van der Waals surface area contributed by atoms with Gasteiger partial charge in [0.2, 0.25) is 5.91 Å². The molecule has 0 bridgehead atoms. The van der Waals surface area contributed by atoms with Gasteiger partial charge < -0.3 is 50.5 Å². The van der Waals surface area contributed by atoms with Crippen molar-refractivity contribution < 1.29 is 50.0 Å². The molecule has 440 valence electrons. The number of carbonyl (C=O) groups is 1. The van der Waals surface area contributed by atoms with Crippen LogP contribution in [0.5, 0.6) is 0 Å². The Hall–Kier alpha value is -1.93. The molecule has 0 aromatic carbocycles. The van der Waals surface area contributed by atoms with E-state index in [1.165, 1.54) is 193 Å². The second kappa shape index (κ2) is 52.8. The lowest BCUT2D eigenvalue weighted by Crippen LogP contribution is -2.60. The van der Waals surface area contributed by atoms with Crippen molar-refractivity contribution in [3.63, 3.8) is 0 Å². The third-order valence-corrected chi connectivity index (χ3v) is 15.1. The normalized spacial score (nSPS) is 20.0. The van der Waals surface area contributed by atoms with Crippen molar-refractivity contribution in [2.24, 2.45) is 0 Å². The predicted molar refractivity (Wildman–Crippen MR) is 311 cm³/mol. The molecule has 0 aromatic rings. The summed E-state index contributed by atoms with van der Waals surface area (Å²) in [5.74, 6) is -0.710. The maximum Gasteiger partial charge on any atom is 0.249 e. The number of rotatable bonds is 54. The van der Waals surface area contributed by atoms with Gasteiger partial charge in [0.05, 0.1) is 25.4 Å². The molecule has 0 spiro atoms. The first-order chi connectivity index (χ1) is 36.7. The number of carbonyl (C=O) groups excluding carboxylic acids is 1. The summed E-state index contributed by atoms with van der Waals surface area (Å²) in [6, 6.07) is -1.20. The lowest BCUT2D eigenvalue weighted by atomic mass is 9.98. The molecule has 0 saturated carbocycles. The molecule has 1 amide bonds. The van der Waals surface area contributed by atoms with E-state index in [2.05, 4.69) is 67.8 Å². The number of amides is 1. The molecule has 1 aliphatic rings. The minimum atomic E-state index is -1.67. The van der Waals surface area contributed by atoms with Crippen molar-refractivity contribution in [3.8, 4) is 0 Å². The summed E-state index contributed by atoms with van der Waals surface area (Å²) in [5, 5.41) is 76.2. The van der Waals surface area contributed by atoms with Crippen molar-refractivity contribution >= 4 is 5.91 Å². The largest absolute Gasteiger partial charge is 0.394 e. The lowest BCUT2D eigenvalue weighted by molar-refractivity contribution is -0.303. The minimum Gasteiger partial charge on any atom is -0.394 e. The summed E-state index contributed by atoms with van der Waals surface area (Å²) >= 11 is 0. The molecule has 9 atom stereocenters. The molecule has 9 unspecified atom stereocenters. The highest BCUT2D eigenvalue weighted by Crippen LogP contribution is 2.23. The van der Waals surface area contributed by atoms with E-state index in [9.17, 15) is 40.5 Å². The van der Waals surface area contributed by atoms with Crippen LogP contribution in [-0.4, -0.2) is 110 Å². The average Bonchev–Trinajstić information content (AvgIpc) is 3.41. The second-order valence-corrected chi connectivity index (χ2v) is 22.1. The third-order valence-electron chi connectivity index (χ3n) is 15.1. The number of ether oxygens (including phenoxy) is 2. The monoisotopic (exact) mass is 1060 g/mol. The Labute approximate surface area is 459 Å². The highest BCUT2D eigenvalue weighted by Gasteiger charge is 2.44. The van der Waals surface area contributed by atoms with E-state index >= 15 is 0 Å². The van der Waals surface area contributed by atoms with Gasteiger partial charge in [-0.3, -0.25) is 4.79 Å². The number of nitrogens with one attached hydrogen (secondary N) is 1. The van der Waals surface area contributed by atoms with Crippen LogP contribution in [0.3, 0.4) is 0 Å². The molecule has 8 N–H and O–H groups in total. The standard InChI is InChI=1S/C64H119NO10/c1-3-5-7-9-11-13-15-17-19-21-23-24-25-26-27-28-29-30-31-32-33-34-36-38-40-42-44-46-48-50-52-57(68)63(73)65-55(54-74-64-62(72)61(71)60(70)58(53-66)75-64)59(69)56(67)51-49-47-45-43-41-39-37-35-22-20-18-16-14-12-10-8-6-4-2/h16,18,26-27,35,37,43,45,55-62,64,66-72H,3-15,17,19-25,28-34,36,38-42,44,46-54H2,1-2H3,(H,65,73)/b18-16+,27-26-,37-35+,45-43+. The Kier molecular flexibility index (Phi) is 50.0. The summed E-state index contributed by atoms with van der Waals surface area (Å²) in [6.07, 6.45) is 56.1. The summed E-state index contributed by atoms with van der Waals surface area (Å²) in [4.78, 5) is 13.2. The zero-order valence-electron chi connectivity index (χ0n) is 48.3. The van der Waals surface area contributed by atoms with Crippen molar-refractivity contribution in [2.45, 2.75) is 339 Å². The molecule has 1 aliphatic heterocycles. The van der Waals surface area contributed by atoms with Crippen LogP contribution in [-0.2, 0) is 14.3 Å². The van der Waals surface area contributed by atoms with Gasteiger partial charge in [0.1, 0.15) is 36.6 Å². The lowest BCUT2D eigenvalue weighted by Gasteiger charge is -2.40. The number of hydrogen-bond acceptors (Lipinski definition) is 10. The van der Waals surface area contributed by atoms with Gasteiger partial charge in [-0.15, -0.1) is 0 Å².